The highest BCUT2D eigenvalue weighted by molar-refractivity contribution is 5.79. The number of pyridine rings is 1. The molecule has 0 bridgehead atoms. The molecule has 6 nitrogen and oxygen atoms in total. The number of benzene rings is 2. The third-order valence-corrected chi connectivity index (χ3v) is 4.77. The molecular formula is C24H20F3N3O3. The van der Waals surface area contributed by atoms with E-state index >= 15 is 0 Å². The molecule has 2 N–H and O–H groups in total. The van der Waals surface area contributed by atoms with E-state index in [1.54, 1.807) is 0 Å². The average molecular weight is 455 g/mol. The fourth-order valence-corrected chi connectivity index (χ4v) is 3.23. The van der Waals surface area contributed by atoms with Crippen molar-refractivity contribution in [2.45, 2.75) is 18.8 Å². The first kappa shape index (κ1) is 22.2. The Morgan fingerprint density at radius 2 is 1.79 bits per heavy atom. The topological polar surface area (TPSA) is 76.4 Å². The number of hydrogen-bond acceptors (Lipinski definition) is 4. The summed E-state index contributed by atoms with van der Waals surface area (Å²) >= 11 is 0. The largest absolute Gasteiger partial charge is 0.468 e. The normalized spacial score (nSPS) is 12.3. The van der Waals surface area contributed by atoms with Crippen molar-refractivity contribution in [2.24, 2.45) is 0 Å². The summed E-state index contributed by atoms with van der Waals surface area (Å²) in [7, 11) is 0. The molecule has 0 saturated carbocycles. The fraction of sp³-hybridized carbons (Fsp3) is 0.167. The Kier molecular flexibility index (Phi) is 6.48. The second-order valence-corrected chi connectivity index (χ2v) is 7.27. The summed E-state index contributed by atoms with van der Waals surface area (Å²) in [4.78, 5) is 16.5. The number of carbonyl (C=O) groups excluding carboxylic acids is 1. The highest BCUT2D eigenvalue weighted by atomic mass is 19.4. The molecule has 4 rings (SSSR count). The Bertz CT molecular complexity index is 1180. The number of ether oxygens (including phenoxy) is 1. The monoisotopic (exact) mass is 455 g/mol. The van der Waals surface area contributed by atoms with E-state index in [0.717, 1.165) is 16.5 Å². The number of aromatic nitrogens is 1. The van der Waals surface area contributed by atoms with Crippen LogP contribution < -0.4 is 15.4 Å². The van der Waals surface area contributed by atoms with E-state index < -0.39 is 24.9 Å². The lowest BCUT2D eigenvalue weighted by Gasteiger charge is -2.18. The molecular weight excluding hydrogens is 435 g/mol. The van der Waals surface area contributed by atoms with Crippen molar-refractivity contribution in [1.82, 2.24) is 15.6 Å². The van der Waals surface area contributed by atoms with Crippen LogP contribution in [0, 0.1) is 0 Å². The first-order valence-corrected chi connectivity index (χ1v) is 10.1. The predicted molar refractivity (Wildman–Crippen MR) is 116 cm³/mol. The van der Waals surface area contributed by atoms with Gasteiger partial charge in [-0.25, -0.2) is 9.78 Å². The van der Waals surface area contributed by atoms with Gasteiger partial charge in [0.15, 0.2) is 6.61 Å². The van der Waals surface area contributed by atoms with Gasteiger partial charge in [0, 0.05) is 24.2 Å². The van der Waals surface area contributed by atoms with Crippen molar-refractivity contribution in [3.05, 3.63) is 95.9 Å². The lowest BCUT2D eigenvalue weighted by Crippen LogP contribution is -2.37. The van der Waals surface area contributed by atoms with Crippen molar-refractivity contribution in [1.29, 1.82) is 0 Å². The van der Waals surface area contributed by atoms with Crippen LogP contribution in [0.3, 0.4) is 0 Å². The van der Waals surface area contributed by atoms with Crippen molar-refractivity contribution < 1.29 is 27.1 Å². The molecule has 0 aliphatic heterocycles. The molecule has 0 saturated heterocycles. The van der Waals surface area contributed by atoms with Gasteiger partial charge in [-0.1, -0.05) is 54.6 Å². The first-order chi connectivity index (χ1) is 15.9. The third kappa shape index (κ3) is 6.03. The summed E-state index contributed by atoms with van der Waals surface area (Å²) in [6.45, 7) is -1.29. The van der Waals surface area contributed by atoms with Crippen LogP contribution in [0.15, 0.2) is 83.4 Å². The molecule has 1 unspecified atom stereocenters. The molecule has 0 fully saturated rings. The molecule has 4 aromatic rings. The van der Waals surface area contributed by atoms with Gasteiger partial charge in [-0.05, 0) is 23.3 Å². The van der Waals surface area contributed by atoms with Crippen molar-refractivity contribution in [2.75, 3.05) is 6.61 Å². The second kappa shape index (κ2) is 9.64. The van der Waals surface area contributed by atoms with Gasteiger partial charge in [-0.3, -0.25) is 0 Å². The number of amides is 2. The van der Waals surface area contributed by atoms with Crippen LogP contribution in [0.4, 0.5) is 18.0 Å². The third-order valence-electron chi connectivity index (χ3n) is 4.77. The smallest absolute Gasteiger partial charge is 0.422 e. The maximum atomic E-state index is 12.6. The average Bonchev–Trinajstić information content (AvgIpc) is 3.24. The first-order valence-electron chi connectivity index (χ1n) is 10.1. The van der Waals surface area contributed by atoms with E-state index in [1.165, 1.54) is 18.3 Å². The Morgan fingerprint density at radius 3 is 2.48 bits per heavy atom. The van der Waals surface area contributed by atoms with Gasteiger partial charge in [0.25, 0.3) is 0 Å². The van der Waals surface area contributed by atoms with Gasteiger partial charge in [0.05, 0.1) is 0 Å². The van der Waals surface area contributed by atoms with E-state index in [1.807, 2.05) is 60.7 Å². The van der Waals surface area contributed by atoms with Gasteiger partial charge in [0.2, 0.25) is 5.88 Å². The predicted octanol–water partition coefficient (Wildman–Crippen LogP) is 5.36. The molecule has 170 valence electrons. The zero-order chi connectivity index (χ0) is 23.3. The number of fused-ring (bicyclic) bond motifs is 1. The molecule has 2 heterocycles. The molecule has 0 spiro atoms. The van der Waals surface area contributed by atoms with E-state index in [9.17, 15) is 18.0 Å². The Balaban J connectivity index is 1.41. The summed E-state index contributed by atoms with van der Waals surface area (Å²) < 4.78 is 47.2. The number of nitrogens with zero attached hydrogens (tertiary/aromatic N) is 1. The zero-order valence-electron chi connectivity index (χ0n) is 17.3. The Labute approximate surface area is 187 Å². The lowest BCUT2D eigenvalue weighted by molar-refractivity contribution is -0.154. The van der Waals surface area contributed by atoms with Gasteiger partial charge in [-0.2, -0.15) is 13.2 Å². The lowest BCUT2D eigenvalue weighted by atomic mass is 10.0. The van der Waals surface area contributed by atoms with Crippen LogP contribution in [-0.4, -0.2) is 23.8 Å². The molecule has 33 heavy (non-hydrogen) atoms. The number of urea groups is 1. The quantitative estimate of drug-likeness (QED) is 0.394. The standard InChI is InChI=1S/C24H20F3N3O3/c25-24(26,27)15-32-21-11-10-16(13-28-21)14-29-23(31)30-22(17-6-2-1-3-7-17)20-12-18-8-4-5-9-19(18)33-20/h1-13,22H,14-15H2,(H2,29,30,31). The minimum absolute atomic E-state index is 0.125. The summed E-state index contributed by atoms with van der Waals surface area (Å²) in [6.07, 6.45) is -3.09. The number of rotatable bonds is 7. The van der Waals surface area contributed by atoms with E-state index in [4.69, 9.17) is 4.42 Å². The summed E-state index contributed by atoms with van der Waals surface area (Å²) in [5.74, 6) is 0.444. The van der Waals surface area contributed by atoms with Gasteiger partial charge in [-0.15, -0.1) is 0 Å². The minimum atomic E-state index is -4.44. The number of nitrogens with one attached hydrogen (secondary N) is 2. The van der Waals surface area contributed by atoms with E-state index in [2.05, 4.69) is 20.4 Å². The number of para-hydroxylation sites is 1. The van der Waals surface area contributed by atoms with Crippen LogP contribution in [0.5, 0.6) is 5.88 Å². The van der Waals surface area contributed by atoms with E-state index in [0.29, 0.717) is 11.3 Å². The Morgan fingerprint density at radius 1 is 1.03 bits per heavy atom. The molecule has 9 heteroatoms. The second-order valence-electron chi connectivity index (χ2n) is 7.27. The zero-order valence-corrected chi connectivity index (χ0v) is 17.3. The molecule has 2 amide bonds. The fourth-order valence-electron chi connectivity index (χ4n) is 3.23. The van der Waals surface area contributed by atoms with Gasteiger partial charge in [0.1, 0.15) is 17.4 Å². The number of furan rings is 1. The summed E-state index contributed by atoms with van der Waals surface area (Å²) in [6, 6.07) is 20.8. The number of hydrogen-bond donors (Lipinski definition) is 2. The summed E-state index contributed by atoms with van der Waals surface area (Å²) in [5, 5.41) is 6.57. The van der Waals surface area contributed by atoms with Gasteiger partial charge >= 0.3 is 12.2 Å². The Hall–Kier alpha value is -4.01. The van der Waals surface area contributed by atoms with Crippen LogP contribution >= 0.6 is 0 Å². The van der Waals surface area contributed by atoms with E-state index in [-0.39, 0.29) is 12.4 Å². The molecule has 2 aromatic heterocycles. The van der Waals surface area contributed by atoms with Crippen LogP contribution in [-0.2, 0) is 6.54 Å². The van der Waals surface area contributed by atoms with Gasteiger partial charge < -0.3 is 19.8 Å². The van der Waals surface area contributed by atoms with Crippen LogP contribution in [0.2, 0.25) is 0 Å². The molecule has 0 aliphatic rings. The highest BCUT2D eigenvalue weighted by Crippen LogP contribution is 2.28. The molecule has 0 aliphatic carbocycles. The van der Waals surface area contributed by atoms with Crippen LogP contribution in [0.25, 0.3) is 11.0 Å². The maximum absolute atomic E-state index is 12.6. The minimum Gasteiger partial charge on any atom is -0.468 e. The highest BCUT2D eigenvalue weighted by Gasteiger charge is 2.28. The van der Waals surface area contributed by atoms with Crippen molar-refractivity contribution in [3.8, 4) is 5.88 Å². The number of carbonyl (C=O) groups is 1. The van der Waals surface area contributed by atoms with Crippen molar-refractivity contribution >= 4 is 17.0 Å². The SMILES string of the molecule is O=C(NCc1ccc(OCC(F)(F)F)nc1)NC(c1ccccc1)c1cc2ccccc2o1. The van der Waals surface area contributed by atoms with Crippen molar-refractivity contribution in [3.63, 3.8) is 0 Å². The van der Waals surface area contributed by atoms with Crippen LogP contribution in [0.1, 0.15) is 22.9 Å². The molecule has 0 radical (unpaired) electrons. The molecule has 2 aromatic carbocycles. The maximum Gasteiger partial charge on any atom is 0.422 e. The number of halogens is 3. The molecule has 1 atom stereocenters. The summed E-state index contributed by atoms with van der Waals surface area (Å²) in [5.41, 5.74) is 2.17. The number of alkyl halides is 3.